The third kappa shape index (κ3) is 5.22. The standard InChI is InChI=1S/C23H30N6/c1-6-29(7-2)18-14-12-17(13-15-18)25-21-16-24-28-22(27-21)26-20-11-9-8-10-19(20)23(3,4)5/h8-16H,6-7H2,1-5H3,(H2,25,26,27,28). The molecule has 2 aromatic carbocycles. The average molecular weight is 391 g/mol. The Morgan fingerprint density at radius 2 is 1.59 bits per heavy atom. The van der Waals surface area contributed by atoms with Crippen molar-refractivity contribution in [2.75, 3.05) is 28.6 Å². The van der Waals surface area contributed by atoms with Crippen LogP contribution >= 0.6 is 0 Å². The van der Waals surface area contributed by atoms with Crippen LogP contribution in [0, 0.1) is 0 Å². The molecule has 0 fully saturated rings. The Morgan fingerprint density at radius 1 is 0.897 bits per heavy atom. The molecule has 0 unspecified atom stereocenters. The van der Waals surface area contributed by atoms with E-state index in [0.717, 1.165) is 24.5 Å². The van der Waals surface area contributed by atoms with E-state index in [4.69, 9.17) is 0 Å². The van der Waals surface area contributed by atoms with Crippen LogP contribution in [0.3, 0.4) is 0 Å². The van der Waals surface area contributed by atoms with E-state index in [9.17, 15) is 0 Å². The van der Waals surface area contributed by atoms with Crippen molar-refractivity contribution in [2.24, 2.45) is 0 Å². The lowest BCUT2D eigenvalue weighted by Crippen LogP contribution is -2.21. The fourth-order valence-corrected chi connectivity index (χ4v) is 3.28. The summed E-state index contributed by atoms with van der Waals surface area (Å²) in [5.41, 5.74) is 4.38. The topological polar surface area (TPSA) is 66.0 Å². The summed E-state index contributed by atoms with van der Waals surface area (Å²) < 4.78 is 0. The quantitative estimate of drug-likeness (QED) is 0.555. The van der Waals surface area contributed by atoms with Crippen molar-refractivity contribution in [1.29, 1.82) is 0 Å². The maximum absolute atomic E-state index is 4.57. The first kappa shape index (κ1) is 20.6. The Hall–Kier alpha value is -3.15. The highest BCUT2D eigenvalue weighted by Gasteiger charge is 2.18. The number of rotatable bonds is 7. The maximum atomic E-state index is 4.57. The third-order valence-corrected chi connectivity index (χ3v) is 4.81. The van der Waals surface area contributed by atoms with E-state index in [-0.39, 0.29) is 5.41 Å². The van der Waals surface area contributed by atoms with Gasteiger partial charge >= 0.3 is 0 Å². The molecule has 1 aromatic heterocycles. The predicted octanol–water partition coefficient (Wildman–Crippen LogP) is 5.50. The molecule has 0 aliphatic carbocycles. The molecule has 3 rings (SSSR count). The van der Waals surface area contributed by atoms with Gasteiger partial charge in [-0.1, -0.05) is 39.0 Å². The summed E-state index contributed by atoms with van der Waals surface area (Å²) in [7, 11) is 0. The molecule has 0 radical (unpaired) electrons. The maximum Gasteiger partial charge on any atom is 0.249 e. The summed E-state index contributed by atoms with van der Waals surface area (Å²) in [4.78, 5) is 6.88. The van der Waals surface area contributed by atoms with E-state index < -0.39 is 0 Å². The first-order valence-corrected chi connectivity index (χ1v) is 10.1. The van der Waals surface area contributed by atoms with Crippen LogP contribution in [0.4, 0.5) is 28.8 Å². The highest BCUT2D eigenvalue weighted by molar-refractivity contribution is 5.63. The van der Waals surface area contributed by atoms with Gasteiger partial charge in [-0.25, -0.2) is 0 Å². The van der Waals surface area contributed by atoms with Crippen LogP contribution < -0.4 is 15.5 Å². The summed E-state index contributed by atoms with van der Waals surface area (Å²) in [5.74, 6) is 1.11. The Bertz CT molecular complexity index is 927. The Labute approximate surface area is 173 Å². The van der Waals surface area contributed by atoms with E-state index in [1.165, 1.54) is 11.3 Å². The van der Waals surface area contributed by atoms with Gasteiger partial charge in [-0.3, -0.25) is 0 Å². The molecule has 0 amide bonds. The zero-order chi connectivity index (χ0) is 20.9. The first-order chi connectivity index (χ1) is 13.9. The number of hydrogen-bond donors (Lipinski definition) is 2. The molecular formula is C23H30N6. The molecule has 2 N–H and O–H groups in total. The lowest BCUT2D eigenvalue weighted by atomic mass is 9.86. The second kappa shape index (κ2) is 8.90. The van der Waals surface area contributed by atoms with Crippen LogP contribution in [0.15, 0.2) is 54.7 Å². The van der Waals surface area contributed by atoms with E-state index in [2.05, 4.69) is 95.7 Å². The van der Waals surface area contributed by atoms with Gasteiger partial charge in [0, 0.05) is 30.2 Å². The van der Waals surface area contributed by atoms with E-state index in [1.807, 2.05) is 18.2 Å². The van der Waals surface area contributed by atoms with Crippen LogP contribution in [-0.2, 0) is 5.41 Å². The third-order valence-electron chi connectivity index (χ3n) is 4.81. The van der Waals surface area contributed by atoms with Crippen molar-refractivity contribution >= 4 is 28.8 Å². The smallest absolute Gasteiger partial charge is 0.249 e. The normalized spacial score (nSPS) is 11.2. The lowest BCUT2D eigenvalue weighted by molar-refractivity contribution is 0.592. The average Bonchev–Trinajstić information content (AvgIpc) is 2.70. The summed E-state index contributed by atoms with van der Waals surface area (Å²) >= 11 is 0. The molecular weight excluding hydrogens is 360 g/mol. The SMILES string of the molecule is CCN(CC)c1ccc(Nc2cnnc(Nc3ccccc3C(C)(C)C)n2)cc1. The fourth-order valence-electron chi connectivity index (χ4n) is 3.28. The molecule has 0 aliphatic heterocycles. The van der Waals surface area contributed by atoms with E-state index >= 15 is 0 Å². The van der Waals surface area contributed by atoms with Gasteiger partial charge in [-0.05, 0) is 55.2 Å². The molecule has 0 bridgehead atoms. The Kier molecular flexibility index (Phi) is 6.32. The minimum Gasteiger partial charge on any atom is -0.372 e. The second-order valence-corrected chi connectivity index (χ2v) is 7.93. The molecule has 29 heavy (non-hydrogen) atoms. The number of para-hydroxylation sites is 1. The lowest BCUT2D eigenvalue weighted by Gasteiger charge is -2.23. The molecule has 6 heteroatoms. The molecule has 1 heterocycles. The zero-order valence-electron chi connectivity index (χ0n) is 17.9. The monoisotopic (exact) mass is 390 g/mol. The number of nitrogens with one attached hydrogen (secondary N) is 2. The van der Waals surface area contributed by atoms with Crippen LogP contribution in [0.2, 0.25) is 0 Å². The van der Waals surface area contributed by atoms with Crippen LogP contribution in [0.1, 0.15) is 40.2 Å². The van der Waals surface area contributed by atoms with Gasteiger partial charge < -0.3 is 15.5 Å². The van der Waals surface area contributed by atoms with Crippen LogP contribution in [-0.4, -0.2) is 28.3 Å². The summed E-state index contributed by atoms with van der Waals surface area (Å²) in [6.45, 7) is 12.9. The molecule has 3 aromatic rings. The molecule has 0 aliphatic rings. The molecule has 6 nitrogen and oxygen atoms in total. The largest absolute Gasteiger partial charge is 0.372 e. The molecule has 0 atom stereocenters. The van der Waals surface area contributed by atoms with Crippen LogP contribution in [0.5, 0.6) is 0 Å². The van der Waals surface area contributed by atoms with Gasteiger partial charge in [-0.2, -0.15) is 10.1 Å². The fraction of sp³-hybridized carbons (Fsp3) is 0.348. The van der Waals surface area contributed by atoms with Crippen molar-refractivity contribution < 1.29 is 0 Å². The Morgan fingerprint density at radius 3 is 2.24 bits per heavy atom. The second-order valence-electron chi connectivity index (χ2n) is 7.93. The van der Waals surface area contributed by atoms with Gasteiger partial charge in [0.2, 0.25) is 5.95 Å². The van der Waals surface area contributed by atoms with Crippen molar-refractivity contribution in [3.05, 3.63) is 60.3 Å². The van der Waals surface area contributed by atoms with Crippen molar-refractivity contribution in [1.82, 2.24) is 15.2 Å². The van der Waals surface area contributed by atoms with E-state index in [0.29, 0.717) is 11.8 Å². The molecule has 0 saturated heterocycles. The van der Waals surface area contributed by atoms with Gasteiger partial charge in [0.25, 0.3) is 0 Å². The van der Waals surface area contributed by atoms with Gasteiger partial charge in [-0.15, -0.1) is 5.10 Å². The minimum absolute atomic E-state index is 0.0134. The number of hydrogen-bond acceptors (Lipinski definition) is 6. The first-order valence-electron chi connectivity index (χ1n) is 10.1. The summed E-state index contributed by atoms with van der Waals surface area (Å²) in [5, 5.41) is 14.9. The van der Waals surface area contributed by atoms with Gasteiger partial charge in [0.05, 0.1) is 6.20 Å². The Balaban J connectivity index is 1.76. The van der Waals surface area contributed by atoms with Crippen molar-refractivity contribution in [2.45, 2.75) is 40.0 Å². The predicted molar refractivity (Wildman–Crippen MR) is 122 cm³/mol. The number of anilines is 5. The van der Waals surface area contributed by atoms with Crippen LogP contribution in [0.25, 0.3) is 0 Å². The molecule has 0 saturated carbocycles. The number of aromatic nitrogens is 3. The summed E-state index contributed by atoms with van der Waals surface area (Å²) in [6.07, 6.45) is 1.62. The van der Waals surface area contributed by atoms with Crippen molar-refractivity contribution in [3.63, 3.8) is 0 Å². The van der Waals surface area contributed by atoms with Gasteiger partial charge in [0.1, 0.15) is 0 Å². The van der Waals surface area contributed by atoms with Gasteiger partial charge in [0.15, 0.2) is 5.82 Å². The highest BCUT2D eigenvalue weighted by atomic mass is 15.3. The minimum atomic E-state index is 0.0134. The number of benzene rings is 2. The summed E-state index contributed by atoms with van der Waals surface area (Å²) in [6, 6.07) is 16.5. The molecule has 0 spiro atoms. The van der Waals surface area contributed by atoms with Crippen molar-refractivity contribution in [3.8, 4) is 0 Å². The molecule has 152 valence electrons. The zero-order valence-corrected chi connectivity index (χ0v) is 17.9. The highest BCUT2D eigenvalue weighted by Crippen LogP contribution is 2.30. The van der Waals surface area contributed by atoms with E-state index in [1.54, 1.807) is 6.20 Å². The number of nitrogens with zero attached hydrogens (tertiary/aromatic N) is 4.